The van der Waals surface area contributed by atoms with Crippen LogP contribution in [0.4, 0.5) is 4.79 Å². The number of halogens is 1. The van der Waals surface area contributed by atoms with E-state index in [9.17, 15) is 9.59 Å². The van der Waals surface area contributed by atoms with Gasteiger partial charge in [-0.15, -0.1) is 0 Å². The van der Waals surface area contributed by atoms with Crippen molar-refractivity contribution in [2.75, 3.05) is 13.7 Å². The number of nitrogens with one attached hydrogen (secondary N) is 2. The molecule has 1 aliphatic rings. The average molecular weight is 362 g/mol. The lowest BCUT2D eigenvalue weighted by molar-refractivity contribution is -0.128. The number of carbonyl (C=O) groups excluding carboxylic acids is 2. The molecule has 1 saturated heterocycles. The zero-order valence-corrected chi connectivity index (χ0v) is 14.1. The molecule has 130 valence electrons. The fourth-order valence-corrected chi connectivity index (χ4v) is 2.59. The van der Waals surface area contributed by atoms with Gasteiger partial charge in [0.05, 0.1) is 19.7 Å². The van der Waals surface area contributed by atoms with Gasteiger partial charge in [-0.25, -0.2) is 9.78 Å². The molecule has 0 saturated carbocycles. The van der Waals surface area contributed by atoms with Crippen LogP contribution in [0.2, 0.25) is 5.02 Å². The molecule has 1 fully saturated rings. The lowest BCUT2D eigenvalue weighted by Crippen LogP contribution is -2.39. The molecule has 25 heavy (non-hydrogen) atoms. The highest BCUT2D eigenvalue weighted by Crippen LogP contribution is 2.24. The second-order valence-electron chi connectivity index (χ2n) is 5.40. The first-order valence-corrected chi connectivity index (χ1v) is 7.95. The number of pyridine rings is 1. The summed E-state index contributed by atoms with van der Waals surface area (Å²) in [6.07, 6.45) is 0.153. The van der Waals surface area contributed by atoms with E-state index < -0.39 is 24.1 Å². The fourth-order valence-electron chi connectivity index (χ4n) is 2.47. The summed E-state index contributed by atoms with van der Waals surface area (Å²) in [5, 5.41) is 5.94. The molecule has 2 atom stereocenters. The van der Waals surface area contributed by atoms with E-state index in [4.69, 9.17) is 21.1 Å². The van der Waals surface area contributed by atoms with Crippen LogP contribution in [0.5, 0.6) is 5.88 Å². The van der Waals surface area contributed by atoms with Crippen molar-refractivity contribution in [1.29, 1.82) is 0 Å². The molecule has 2 N–H and O–H groups in total. The van der Waals surface area contributed by atoms with E-state index in [-0.39, 0.29) is 6.54 Å². The summed E-state index contributed by atoms with van der Waals surface area (Å²) in [4.78, 5) is 27.8. The largest absolute Gasteiger partial charge is 0.481 e. The van der Waals surface area contributed by atoms with E-state index in [2.05, 4.69) is 15.6 Å². The zero-order valence-electron chi connectivity index (χ0n) is 13.4. The molecule has 2 aromatic rings. The number of methoxy groups -OCH3 is 1. The van der Waals surface area contributed by atoms with Crippen LogP contribution in [-0.2, 0) is 9.53 Å². The van der Waals surface area contributed by atoms with E-state index in [1.807, 2.05) is 18.2 Å². The molecule has 0 aliphatic carbocycles. The molecule has 8 heteroatoms. The number of cyclic esters (lactones) is 1. The average Bonchev–Trinajstić information content (AvgIpc) is 3.07. The topological polar surface area (TPSA) is 89.6 Å². The lowest BCUT2D eigenvalue weighted by Gasteiger charge is -2.21. The third-order valence-electron chi connectivity index (χ3n) is 3.77. The van der Waals surface area contributed by atoms with Gasteiger partial charge in [0.1, 0.15) is 0 Å². The summed E-state index contributed by atoms with van der Waals surface area (Å²) in [6, 6.07) is 10.2. The Morgan fingerprint density at radius 3 is 2.60 bits per heavy atom. The molecule has 2 amide bonds. The molecular weight excluding hydrogens is 346 g/mol. The van der Waals surface area contributed by atoms with Gasteiger partial charge in [0.25, 0.3) is 5.91 Å². The predicted molar refractivity (Wildman–Crippen MR) is 90.5 cm³/mol. The highest BCUT2D eigenvalue weighted by molar-refractivity contribution is 6.30. The number of ether oxygens (including phenoxy) is 2. The Hall–Kier alpha value is -2.80. The van der Waals surface area contributed by atoms with Gasteiger partial charge >= 0.3 is 6.09 Å². The number of benzene rings is 1. The van der Waals surface area contributed by atoms with E-state index >= 15 is 0 Å². The Morgan fingerprint density at radius 2 is 2.04 bits per heavy atom. The van der Waals surface area contributed by atoms with E-state index in [0.29, 0.717) is 10.9 Å². The monoisotopic (exact) mass is 361 g/mol. The Balaban J connectivity index is 1.86. The third kappa shape index (κ3) is 4.00. The quantitative estimate of drug-likeness (QED) is 0.850. The number of aromatic nitrogens is 1. The number of nitrogens with zero attached hydrogens (tertiary/aromatic N) is 1. The van der Waals surface area contributed by atoms with Crippen LogP contribution >= 0.6 is 11.6 Å². The first-order valence-electron chi connectivity index (χ1n) is 7.57. The maximum absolute atomic E-state index is 12.4. The molecule has 1 aliphatic heterocycles. The molecule has 7 nitrogen and oxygen atoms in total. The van der Waals surface area contributed by atoms with Crippen molar-refractivity contribution in [1.82, 2.24) is 15.6 Å². The Kier molecular flexibility index (Phi) is 5.04. The number of hydrogen-bond acceptors (Lipinski definition) is 5. The Morgan fingerprint density at radius 1 is 1.32 bits per heavy atom. The summed E-state index contributed by atoms with van der Waals surface area (Å²) >= 11 is 5.95. The minimum absolute atomic E-state index is 0.138. The molecule has 1 unspecified atom stereocenters. The van der Waals surface area contributed by atoms with Gasteiger partial charge in [0, 0.05) is 17.3 Å². The third-order valence-corrected chi connectivity index (χ3v) is 4.02. The lowest BCUT2D eigenvalue weighted by atomic mass is 10.00. The van der Waals surface area contributed by atoms with Crippen LogP contribution in [0.15, 0.2) is 42.6 Å². The SMILES string of the molecule is COc1ccc([C@@H](NC(=O)C2CNC(=O)O2)c2ccc(Cl)cc2)cn1. The molecule has 0 radical (unpaired) electrons. The smallest absolute Gasteiger partial charge is 0.408 e. The number of alkyl carbamates (subject to hydrolysis) is 1. The molecule has 1 aromatic carbocycles. The molecule has 0 bridgehead atoms. The highest BCUT2D eigenvalue weighted by atomic mass is 35.5. The molecule has 3 rings (SSSR count). The molecule has 2 heterocycles. The summed E-state index contributed by atoms with van der Waals surface area (Å²) in [7, 11) is 1.53. The minimum Gasteiger partial charge on any atom is -0.481 e. The van der Waals surface area contributed by atoms with E-state index in [1.54, 1.807) is 24.4 Å². The van der Waals surface area contributed by atoms with E-state index in [1.165, 1.54) is 7.11 Å². The van der Waals surface area contributed by atoms with Crippen molar-refractivity contribution in [3.63, 3.8) is 0 Å². The molecule has 1 aromatic heterocycles. The second-order valence-corrected chi connectivity index (χ2v) is 5.84. The van der Waals surface area contributed by atoms with Crippen LogP contribution in [0.25, 0.3) is 0 Å². The standard InChI is InChI=1S/C17H16ClN3O4/c1-24-14-7-4-11(8-19-14)15(10-2-5-12(18)6-3-10)21-16(22)13-9-20-17(23)25-13/h2-8,13,15H,9H2,1H3,(H,20,23)(H,21,22)/t13?,15-/m0/s1. The summed E-state index contributed by atoms with van der Waals surface area (Å²) < 4.78 is 10.00. The van der Waals surface area contributed by atoms with Crippen LogP contribution in [0.1, 0.15) is 17.2 Å². The van der Waals surface area contributed by atoms with Gasteiger partial charge in [-0.3, -0.25) is 4.79 Å². The van der Waals surface area contributed by atoms with Gasteiger partial charge in [-0.2, -0.15) is 0 Å². The van der Waals surface area contributed by atoms with Crippen LogP contribution in [0, 0.1) is 0 Å². The van der Waals surface area contributed by atoms with Crippen molar-refractivity contribution in [3.8, 4) is 5.88 Å². The van der Waals surface area contributed by atoms with Crippen LogP contribution < -0.4 is 15.4 Å². The zero-order chi connectivity index (χ0) is 17.8. The van der Waals surface area contributed by atoms with Gasteiger partial charge < -0.3 is 20.1 Å². The predicted octanol–water partition coefficient (Wildman–Crippen LogP) is 2.06. The highest BCUT2D eigenvalue weighted by Gasteiger charge is 2.31. The maximum Gasteiger partial charge on any atom is 0.408 e. The number of amides is 2. The van der Waals surface area contributed by atoms with Gasteiger partial charge in [0.2, 0.25) is 5.88 Å². The second kappa shape index (κ2) is 7.40. The number of rotatable bonds is 5. The van der Waals surface area contributed by atoms with Gasteiger partial charge in [-0.1, -0.05) is 23.7 Å². The maximum atomic E-state index is 12.4. The van der Waals surface area contributed by atoms with Crippen LogP contribution in [-0.4, -0.2) is 36.7 Å². The first-order chi connectivity index (χ1) is 12.1. The minimum atomic E-state index is -0.867. The Bertz CT molecular complexity index is 764. The summed E-state index contributed by atoms with van der Waals surface area (Å²) in [5.41, 5.74) is 1.58. The van der Waals surface area contributed by atoms with Gasteiger partial charge in [-0.05, 0) is 29.3 Å². The summed E-state index contributed by atoms with van der Waals surface area (Å²) in [6.45, 7) is 0.138. The van der Waals surface area contributed by atoms with Crippen molar-refractivity contribution in [3.05, 3.63) is 58.7 Å². The Labute approximate surface area is 149 Å². The van der Waals surface area contributed by atoms with Crippen molar-refractivity contribution in [2.45, 2.75) is 12.1 Å². The molecular formula is C17H16ClN3O4. The molecule has 0 spiro atoms. The normalized spacial score (nSPS) is 17.4. The van der Waals surface area contributed by atoms with Crippen molar-refractivity contribution >= 4 is 23.6 Å². The number of carbonyl (C=O) groups is 2. The number of hydrogen-bond donors (Lipinski definition) is 2. The summed E-state index contributed by atoms with van der Waals surface area (Å²) in [5.74, 6) is 0.0768. The van der Waals surface area contributed by atoms with Crippen molar-refractivity contribution < 1.29 is 19.1 Å². The van der Waals surface area contributed by atoms with Gasteiger partial charge in [0.15, 0.2) is 6.10 Å². The van der Waals surface area contributed by atoms with Crippen molar-refractivity contribution in [2.24, 2.45) is 0 Å². The fraction of sp³-hybridized carbons (Fsp3) is 0.235. The van der Waals surface area contributed by atoms with E-state index in [0.717, 1.165) is 11.1 Å². The van der Waals surface area contributed by atoms with Crippen LogP contribution in [0.3, 0.4) is 0 Å². The first kappa shape index (κ1) is 17.0.